The van der Waals surface area contributed by atoms with Gasteiger partial charge in [-0.15, -0.1) is 0 Å². The van der Waals surface area contributed by atoms with Crippen molar-refractivity contribution < 1.29 is 9.90 Å². The van der Waals surface area contributed by atoms with Crippen molar-refractivity contribution in [1.29, 1.82) is 0 Å². The highest BCUT2D eigenvalue weighted by molar-refractivity contribution is 5.79. The Morgan fingerprint density at radius 2 is 2.10 bits per heavy atom. The molecule has 21 heavy (non-hydrogen) atoms. The Kier molecular flexibility index (Phi) is 6.00. The molecule has 1 aliphatic carbocycles. The van der Waals surface area contributed by atoms with Crippen LogP contribution in [0.4, 0.5) is 0 Å². The fourth-order valence-corrected chi connectivity index (χ4v) is 2.87. The lowest BCUT2D eigenvalue weighted by Crippen LogP contribution is -2.34. The summed E-state index contributed by atoms with van der Waals surface area (Å²) in [6.07, 6.45) is 7.31. The molecule has 1 aromatic rings. The molecule has 2 rings (SSSR count). The van der Waals surface area contributed by atoms with Gasteiger partial charge < -0.3 is 10.4 Å². The number of rotatable bonds is 6. The van der Waals surface area contributed by atoms with E-state index < -0.39 is 0 Å². The van der Waals surface area contributed by atoms with Gasteiger partial charge in [-0.3, -0.25) is 4.79 Å². The normalized spacial score (nSPS) is 20.8. The second-order valence-electron chi connectivity index (χ2n) is 5.92. The zero-order chi connectivity index (χ0) is 15.1. The summed E-state index contributed by atoms with van der Waals surface area (Å²) in [4.78, 5) is 12.2. The van der Waals surface area contributed by atoms with Gasteiger partial charge in [0.15, 0.2) is 0 Å². The fraction of sp³-hybridized carbons (Fsp3) is 0.500. The summed E-state index contributed by atoms with van der Waals surface area (Å²) in [5.74, 6) is 0.415. The Bertz CT molecular complexity index is 467. The van der Waals surface area contributed by atoms with Crippen LogP contribution >= 0.6 is 0 Å². The van der Waals surface area contributed by atoms with Gasteiger partial charge in [-0.1, -0.05) is 42.5 Å². The topological polar surface area (TPSA) is 49.3 Å². The summed E-state index contributed by atoms with van der Waals surface area (Å²) in [6.45, 7) is 2.39. The van der Waals surface area contributed by atoms with Crippen molar-refractivity contribution in [2.75, 3.05) is 6.54 Å². The SMILES string of the molecule is CC(O)CC(CNC(=O)C1CC=CCC1)c1ccccc1. The maximum atomic E-state index is 12.2. The maximum Gasteiger partial charge on any atom is 0.223 e. The number of aliphatic hydroxyl groups excluding tert-OH is 1. The van der Waals surface area contributed by atoms with Crippen LogP contribution in [-0.4, -0.2) is 23.7 Å². The molecule has 0 aliphatic heterocycles. The molecule has 114 valence electrons. The number of aliphatic hydroxyl groups is 1. The molecule has 0 aromatic heterocycles. The third-order valence-corrected chi connectivity index (χ3v) is 4.06. The van der Waals surface area contributed by atoms with Gasteiger partial charge in [0.2, 0.25) is 5.91 Å². The monoisotopic (exact) mass is 287 g/mol. The highest BCUT2D eigenvalue weighted by Crippen LogP contribution is 2.22. The smallest absolute Gasteiger partial charge is 0.223 e. The van der Waals surface area contributed by atoms with E-state index in [2.05, 4.69) is 29.6 Å². The number of hydrogen-bond acceptors (Lipinski definition) is 2. The molecule has 3 unspecified atom stereocenters. The molecule has 1 aliphatic rings. The van der Waals surface area contributed by atoms with Gasteiger partial charge in [-0.05, 0) is 38.2 Å². The molecular formula is C18H25NO2. The molecule has 0 saturated heterocycles. The molecule has 0 radical (unpaired) electrons. The van der Waals surface area contributed by atoms with Gasteiger partial charge in [-0.25, -0.2) is 0 Å². The van der Waals surface area contributed by atoms with Crippen molar-refractivity contribution in [3.63, 3.8) is 0 Å². The Labute approximate surface area is 127 Å². The number of hydrogen-bond donors (Lipinski definition) is 2. The van der Waals surface area contributed by atoms with E-state index >= 15 is 0 Å². The minimum Gasteiger partial charge on any atom is -0.393 e. The molecule has 3 atom stereocenters. The summed E-state index contributed by atoms with van der Waals surface area (Å²) < 4.78 is 0. The van der Waals surface area contributed by atoms with Gasteiger partial charge in [0.25, 0.3) is 0 Å². The van der Waals surface area contributed by atoms with Gasteiger partial charge in [0, 0.05) is 18.4 Å². The highest BCUT2D eigenvalue weighted by atomic mass is 16.3. The van der Waals surface area contributed by atoms with Crippen molar-refractivity contribution in [3.05, 3.63) is 48.0 Å². The summed E-state index contributed by atoms with van der Waals surface area (Å²) in [5.41, 5.74) is 1.17. The minimum atomic E-state index is -0.371. The van der Waals surface area contributed by atoms with Gasteiger partial charge in [-0.2, -0.15) is 0 Å². The van der Waals surface area contributed by atoms with Crippen LogP contribution in [0.25, 0.3) is 0 Å². The second kappa shape index (κ2) is 7.99. The first-order valence-electron chi connectivity index (χ1n) is 7.82. The first kappa shape index (κ1) is 15.8. The average molecular weight is 287 g/mol. The zero-order valence-electron chi connectivity index (χ0n) is 12.7. The molecule has 0 bridgehead atoms. The summed E-state index contributed by atoms with van der Waals surface area (Å²) in [5, 5.41) is 12.7. The van der Waals surface area contributed by atoms with Crippen LogP contribution < -0.4 is 5.32 Å². The molecule has 0 saturated carbocycles. The van der Waals surface area contributed by atoms with E-state index in [-0.39, 0.29) is 23.8 Å². The quantitative estimate of drug-likeness (QED) is 0.790. The Morgan fingerprint density at radius 3 is 2.71 bits per heavy atom. The zero-order valence-corrected chi connectivity index (χ0v) is 12.7. The molecule has 0 fully saturated rings. The Morgan fingerprint density at radius 1 is 1.33 bits per heavy atom. The summed E-state index contributed by atoms with van der Waals surface area (Å²) in [6, 6.07) is 10.1. The lowest BCUT2D eigenvalue weighted by molar-refractivity contribution is -0.125. The second-order valence-corrected chi connectivity index (χ2v) is 5.92. The van der Waals surface area contributed by atoms with Crippen LogP contribution in [0, 0.1) is 5.92 Å². The lowest BCUT2D eigenvalue weighted by atomic mass is 9.91. The molecule has 3 nitrogen and oxygen atoms in total. The first-order chi connectivity index (χ1) is 10.2. The van der Waals surface area contributed by atoms with E-state index in [1.807, 2.05) is 18.2 Å². The third kappa shape index (κ3) is 5.01. The summed E-state index contributed by atoms with van der Waals surface area (Å²) >= 11 is 0. The third-order valence-electron chi connectivity index (χ3n) is 4.06. The Balaban J connectivity index is 1.92. The fourth-order valence-electron chi connectivity index (χ4n) is 2.87. The first-order valence-corrected chi connectivity index (χ1v) is 7.82. The standard InChI is InChI=1S/C18H25NO2/c1-14(20)12-17(15-8-4-2-5-9-15)13-19-18(21)16-10-6-3-7-11-16/h2-6,8-9,14,16-17,20H,7,10-13H2,1H3,(H,19,21). The lowest BCUT2D eigenvalue weighted by Gasteiger charge is -2.22. The molecular weight excluding hydrogens is 262 g/mol. The molecule has 2 N–H and O–H groups in total. The van der Waals surface area contributed by atoms with Crippen molar-refractivity contribution >= 4 is 5.91 Å². The van der Waals surface area contributed by atoms with Crippen molar-refractivity contribution in [2.24, 2.45) is 5.92 Å². The predicted molar refractivity (Wildman–Crippen MR) is 85.0 cm³/mol. The molecule has 0 spiro atoms. The number of benzene rings is 1. The van der Waals surface area contributed by atoms with Crippen LogP contribution in [0.5, 0.6) is 0 Å². The number of amides is 1. The van der Waals surface area contributed by atoms with E-state index in [1.165, 1.54) is 5.56 Å². The molecule has 1 aromatic carbocycles. The maximum absolute atomic E-state index is 12.2. The van der Waals surface area contributed by atoms with E-state index in [4.69, 9.17) is 0 Å². The molecule has 1 amide bonds. The average Bonchev–Trinajstić information content (AvgIpc) is 2.52. The van der Waals surface area contributed by atoms with Crippen LogP contribution in [-0.2, 0) is 4.79 Å². The largest absolute Gasteiger partial charge is 0.393 e. The number of carbonyl (C=O) groups excluding carboxylic acids is 1. The Hall–Kier alpha value is -1.61. The van der Waals surface area contributed by atoms with Crippen LogP contribution in [0.2, 0.25) is 0 Å². The number of allylic oxidation sites excluding steroid dienone is 2. The van der Waals surface area contributed by atoms with E-state index in [1.54, 1.807) is 6.92 Å². The van der Waals surface area contributed by atoms with Crippen molar-refractivity contribution in [2.45, 2.75) is 44.6 Å². The van der Waals surface area contributed by atoms with Crippen LogP contribution in [0.15, 0.2) is 42.5 Å². The summed E-state index contributed by atoms with van der Waals surface area (Å²) in [7, 11) is 0. The van der Waals surface area contributed by atoms with Crippen LogP contribution in [0.1, 0.15) is 44.1 Å². The van der Waals surface area contributed by atoms with Gasteiger partial charge >= 0.3 is 0 Å². The number of nitrogens with one attached hydrogen (secondary N) is 1. The van der Waals surface area contributed by atoms with Crippen LogP contribution in [0.3, 0.4) is 0 Å². The highest BCUT2D eigenvalue weighted by Gasteiger charge is 2.20. The predicted octanol–water partition coefficient (Wildman–Crippen LogP) is 3.01. The van der Waals surface area contributed by atoms with E-state index in [0.717, 1.165) is 19.3 Å². The van der Waals surface area contributed by atoms with Gasteiger partial charge in [0.1, 0.15) is 0 Å². The number of carbonyl (C=O) groups is 1. The van der Waals surface area contributed by atoms with Crippen molar-refractivity contribution in [1.82, 2.24) is 5.32 Å². The van der Waals surface area contributed by atoms with Gasteiger partial charge in [0.05, 0.1) is 6.10 Å². The van der Waals surface area contributed by atoms with Crippen molar-refractivity contribution in [3.8, 4) is 0 Å². The minimum absolute atomic E-state index is 0.109. The van der Waals surface area contributed by atoms with E-state index in [0.29, 0.717) is 13.0 Å². The molecule has 3 heteroatoms. The van der Waals surface area contributed by atoms with E-state index in [9.17, 15) is 9.90 Å². The molecule has 0 heterocycles.